The molecular formula is C12H15FN2O5S2. The zero-order chi connectivity index (χ0) is 16.5. The predicted octanol–water partition coefficient (Wildman–Crippen LogP) is 1.28. The van der Waals surface area contributed by atoms with Crippen LogP contribution in [0.5, 0.6) is 0 Å². The van der Waals surface area contributed by atoms with Gasteiger partial charge in [-0.15, -0.1) is 3.89 Å². The van der Waals surface area contributed by atoms with Crippen LogP contribution >= 0.6 is 11.3 Å². The van der Waals surface area contributed by atoms with E-state index < -0.39 is 27.9 Å². The number of aromatic nitrogens is 1. The number of nitrogens with zero attached hydrogens (tertiary/aromatic N) is 2. The van der Waals surface area contributed by atoms with E-state index >= 15 is 0 Å². The van der Waals surface area contributed by atoms with Crippen molar-refractivity contribution in [1.29, 1.82) is 0 Å². The van der Waals surface area contributed by atoms with Gasteiger partial charge in [-0.3, -0.25) is 9.69 Å². The minimum atomic E-state index is -4.63. The molecule has 2 heterocycles. The molecule has 1 aliphatic heterocycles. The summed E-state index contributed by atoms with van der Waals surface area (Å²) in [5.74, 6) is -2.15. The molecule has 7 nitrogen and oxygen atoms in total. The Morgan fingerprint density at radius 1 is 1.55 bits per heavy atom. The van der Waals surface area contributed by atoms with Crippen LogP contribution in [-0.4, -0.2) is 44.2 Å². The van der Waals surface area contributed by atoms with E-state index in [0.29, 0.717) is 15.7 Å². The summed E-state index contributed by atoms with van der Waals surface area (Å²) in [4.78, 5) is 29.4. The highest BCUT2D eigenvalue weighted by atomic mass is 32.3. The Kier molecular flexibility index (Phi) is 4.81. The molecule has 0 N–H and O–H groups in total. The highest BCUT2D eigenvalue weighted by Gasteiger charge is 2.35. The molecule has 0 radical (unpaired) electrons. The van der Waals surface area contributed by atoms with Gasteiger partial charge >= 0.3 is 16.2 Å². The second kappa shape index (κ2) is 6.29. The van der Waals surface area contributed by atoms with Crippen LogP contribution in [0.25, 0.3) is 0 Å². The van der Waals surface area contributed by atoms with Crippen LogP contribution < -0.4 is 4.90 Å². The Morgan fingerprint density at radius 3 is 2.82 bits per heavy atom. The van der Waals surface area contributed by atoms with Gasteiger partial charge in [0.25, 0.3) is 0 Å². The van der Waals surface area contributed by atoms with Crippen LogP contribution in [0.4, 0.5) is 9.02 Å². The van der Waals surface area contributed by atoms with E-state index in [4.69, 9.17) is 4.74 Å². The van der Waals surface area contributed by atoms with Crippen LogP contribution in [0.15, 0.2) is 0 Å². The lowest BCUT2D eigenvalue weighted by Crippen LogP contribution is -2.25. The minimum absolute atomic E-state index is 0.0590. The number of hydrogen-bond acceptors (Lipinski definition) is 7. The summed E-state index contributed by atoms with van der Waals surface area (Å²) in [5.41, 5.74) is 0.438. The Morgan fingerprint density at radius 2 is 2.23 bits per heavy atom. The molecule has 0 aromatic carbocycles. The Bertz CT molecular complexity index is 700. The number of anilines is 1. The number of carbonyl (C=O) groups is 2. The SMILES string of the molecule is CCOC(=O)c1sc(N2CC(CS(=O)(=O)F)CC2=O)nc1C. The van der Waals surface area contributed by atoms with Crippen LogP contribution in [0, 0.1) is 12.8 Å². The Hall–Kier alpha value is -1.55. The lowest BCUT2D eigenvalue weighted by Gasteiger charge is -2.12. The van der Waals surface area contributed by atoms with Gasteiger partial charge in [-0.2, -0.15) is 8.42 Å². The maximum absolute atomic E-state index is 12.7. The summed E-state index contributed by atoms with van der Waals surface area (Å²) in [7, 11) is -4.63. The van der Waals surface area contributed by atoms with E-state index in [1.807, 2.05) is 0 Å². The quantitative estimate of drug-likeness (QED) is 0.587. The zero-order valence-corrected chi connectivity index (χ0v) is 13.7. The minimum Gasteiger partial charge on any atom is -0.462 e. The molecule has 2 rings (SSSR count). The molecule has 1 amide bonds. The van der Waals surface area contributed by atoms with Crippen molar-refractivity contribution >= 4 is 38.6 Å². The van der Waals surface area contributed by atoms with Gasteiger partial charge in [0.05, 0.1) is 18.1 Å². The van der Waals surface area contributed by atoms with Crippen LogP contribution in [-0.2, 0) is 19.8 Å². The molecular weight excluding hydrogens is 335 g/mol. The van der Waals surface area contributed by atoms with E-state index in [1.165, 1.54) is 4.90 Å². The summed E-state index contributed by atoms with van der Waals surface area (Å²) in [6, 6.07) is 0. The van der Waals surface area contributed by atoms with Crippen molar-refractivity contribution in [3.63, 3.8) is 0 Å². The molecule has 0 spiro atoms. The molecule has 1 unspecified atom stereocenters. The van der Waals surface area contributed by atoms with Gasteiger partial charge in [0.1, 0.15) is 4.88 Å². The monoisotopic (exact) mass is 350 g/mol. The van der Waals surface area contributed by atoms with Crippen molar-refractivity contribution in [3.8, 4) is 0 Å². The van der Waals surface area contributed by atoms with Gasteiger partial charge in [0, 0.05) is 18.9 Å². The lowest BCUT2D eigenvalue weighted by molar-refractivity contribution is -0.117. The fourth-order valence-electron chi connectivity index (χ4n) is 2.24. The predicted molar refractivity (Wildman–Crippen MR) is 78.2 cm³/mol. The average Bonchev–Trinajstić information content (AvgIpc) is 2.91. The van der Waals surface area contributed by atoms with Crippen LogP contribution in [0.2, 0.25) is 0 Å². The third kappa shape index (κ3) is 3.80. The second-order valence-corrected chi connectivity index (χ2v) is 7.30. The Labute approximate surface area is 131 Å². The van der Waals surface area contributed by atoms with Gasteiger partial charge in [0.15, 0.2) is 5.13 Å². The first-order valence-electron chi connectivity index (χ1n) is 6.58. The molecule has 10 heteroatoms. The topological polar surface area (TPSA) is 93.6 Å². The molecule has 0 bridgehead atoms. The average molecular weight is 350 g/mol. The van der Waals surface area contributed by atoms with E-state index in [2.05, 4.69) is 4.98 Å². The first-order valence-corrected chi connectivity index (χ1v) is 8.95. The smallest absolute Gasteiger partial charge is 0.350 e. The Balaban J connectivity index is 2.17. The molecule has 1 saturated heterocycles. The summed E-state index contributed by atoms with van der Waals surface area (Å²) in [5, 5.41) is 0.296. The molecule has 0 saturated carbocycles. The maximum Gasteiger partial charge on any atom is 0.350 e. The van der Waals surface area contributed by atoms with Crippen molar-refractivity contribution in [2.24, 2.45) is 5.92 Å². The zero-order valence-electron chi connectivity index (χ0n) is 12.0. The molecule has 0 aliphatic carbocycles. The largest absolute Gasteiger partial charge is 0.462 e. The first-order chi connectivity index (χ1) is 10.2. The van der Waals surface area contributed by atoms with Gasteiger partial charge in [-0.25, -0.2) is 9.78 Å². The van der Waals surface area contributed by atoms with Crippen molar-refractivity contribution in [2.75, 3.05) is 23.8 Å². The van der Waals surface area contributed by atoms with Crippen molar-refractivity contribution in [1.82, 2.24) is 4.98 Å². The van der Waals surface area contributed by atoms with Gasteiger partial charge in [0.2, 0.25) is 5.91 Å². The summed E-state index contributed by atoms with van der Waals surface area (Å²) >= 11 is 1.00. The molecule has 22 heavy (non-hydrogen) atoms. The molecule has 122 valence electrons. The number of hydrogen-bond donors (Lipinski definition) is 0. The summed E-state index contributed by atoms with van der Waals surface area (Å²) in [6.45, 7) is 3.60. The highest BCUT2D eigenvalue weighted by molar-refractivity contribution is 7.86. The third-order valence-electron chi connectivity index (χ3n) is 3.12. The number of ether oxygens (including phenoxy) is 1. The van der Waals surface area contributed by atoms with Gasteiger partial charge in [-0.05, 0) is 13.8 Å². The maximum atomic E-state index is 12.7. The molecule has 1 atom stereocenters. The summed E-state index contributed by atoms with van der Waals surface area (Å²) < 4.78 is 39.0. The molecule has 1 aromatic heterocycles. The number of esters is 1. The number of carbonyl (C=O) groups excluding carboxylic acids is 2. The van der Waals surface area contributed by atoms with Crippen molar-refractivity contribution in [3.05, 3.63) is 10.6 Å². The van der Waals surface area contributed by atoms with Gasteiger partial charge in [-0.1, -0.05) is 11.3 Å². The number of thiazole rings is 1. The van der Waals surface area contributed by atoms with Crippen molar-refractivity contribution < 1.29 is 26.6 Å². The standard InChI is InChI=1S/C12H15FN2O5S2/c1-3-20-11(17)10-7(2)14-12(21-10)15-5-8(4-9(15)16)6-22(13,18)19/h8H,3-6H2,1-2H3. The lowest BCUT2D eigenvalue weighted by atomic mass is 10.1. The normalized spacial score (nSPS) is 18.8. The number of amides is 1. The van der Waals surface area contributed by atoms with E-state index in [1.54, 1.807) is 13.8 Å². The fraction of sp³-hybridized carbons (Fsp3) is 0.583. The highest BCUT2D eigenvalue weighted by Crippen LogP contribution is 2.32. The number of rotatable bonds is 5. The number of aryl methyl sites for hydroxylation is 1. The fourth-order valence-corrected chi connectivity index (χ4v) is 4.02. The third-order valence-corrected chi connectivity index (χ3v) is 5.15. The molecule has 1 aromatic rings. The molecule has 1 aliphatic rings. The number of halogens is 1. The van der Waals surface area contributed by atoms with Crippen LogP contribution in [0.3, 0.4) is 0 Å². The van der Waals surface area contributed by atoms with E-state index in [0.717, 1.165) is 11.3 Å². The second-order valence-electron chi connectivity index (χ2n) is 4.91. The van der Waals surface area contributed by atoms with Crippen molar-refractivity contribution in [2.45, 2.75) is 20.3 Å². The van der Waals surface area contributed by atoms with Gasteiger partial charge < -0.3 is 4.74 Å². The first kappa shape index (κ1) is 16.8. The van der Waals surface area contributed by atoms with E-state index in [-0.39, 0.29) is 25.5 Å². The summed E-state index contributed by atoms with van der Waals surface area (Å²) in [6.07, 6.45) is -0.0590. The molecule has 1 fully saturated rings. The van der Waals surface area contributed by atoms with Crippen LogP contribution in [0.1, 0.15) is 28.7 Å². The van der Waals surface area contributed by atoms with E-state index in [9.17, 15) is 21.9 Å².